The molecule has 19 heavy (non-hydrogen) atoms. The number of carbonyl (C=O) groups is 1. The van der Waals surface area contributed by atoms with Crippen LogP contribution in [0.15, 0.2) is 0 Å². The summed E-state index contributed by atoms with van der Waals surface area (Å²) in [6.07, 6.45) is 5.67. The van der Waals surface area contributed by atoms with Gasteiger partial charge in [0.25, 0.3) is 0 Å². The zero-order valence-corrected chi connectivity index (χ0v) is 12.1. The highest BCUT2D eigenvalue weighted by Gasteiger charge is 2.18. The van der Waals surface area contributed by atoms with Gasteiger partial charge in [0.15, 0.2) is 0 Å². The first kappa shape index (κ1) is 16.5. The fraction of sp³-hybridized carbons (Fsp3) is 0.917. The molecule has 1 saturated carbocycles. The van der Waals surface area contributed by atoms with Crippen molar-refractivity contribution < 1.29 is 28.3 Å². The largest absolute Gasteiger partial charge is 0.566 e. The Morgan fingerprint density at radius 2 is 2.05 bits per heavy atom. The molecular formula is C12H21O6P. The topological polar surface area (TPSA) is 84.9 Å². The van der Waals surface area contributed by atoms with E-state index in [1.165, 1.54) is 32.8 Å². The van der Waals surface area contributed by atoms with Crippen LogP contribution in [0.3, 0.4) is 0 Å². The second kappa shape index (κ2) is 9.37. The quantitative estimate of drug-likeness (QED) is 0.473. The van der Waals surface area contributed by atoms with Gasteiger partial charge in [0.1, 0.15) is 19.3 Å². The van der Waals surface area contributed by atoms with Crippen molar-refractivity contribution in [3.8, 4) is 0 Å². The van der Waals surface area contributed by atoms with E-state index in [2.05, 4.69) is 4.52 Å². The molecule has 1 rings (SSSR count). The van der Waals surface area contributed by atoms with Crippen LogP contribution in [0.2, 0.25) is 0 Å². The van der Waals surface area contributed by atoms with Gasteiger partial charge in [-0.25, -0.2) is 0 Å². The van der Waals surface area contributed by atoms with E-state index in [4.69, 9.17) is 9.47 Å². The van der Waals surface area contributed by atoms with Crippen molar-refractivity contribution >= 4 is 14.2 Å². The fourth-order valence-corrected chi connectivity index (χ4v) is 2.50. The Balaban J connectivity index is 2.10. The fourth-order valence-electron chi connectivity index (χ4n) is 2.21. The van der Waals surface area contributed by atoms with E-state index in [0.29, 0.717) is 12.3 Å². The first-order valence-electron chi connectivity index (χ1n) is 6.57. The van der Waals surface area contributed by atoms with Gasteiger partial charge in [-0.15, -0.1) is 4.52 Å². The van der Waals surface area contributed by atoms with Gasteiger partial charge in [0, 0.05) is 13.5 Å². The molecule has 0 heterocycles. The molecule has 0 N–H and O–H groups in total. The smallest absolute Gasteiger partial charge is 0.488 e. The van der Waals surface area contributed by atoms with Crippen LogP contribution >= 0.6 is 8.25 Å². The number of ether oxygens (including phenoxy) is 2. The Morgan fingerprint density at radius 3 is 2.63 bits per heavy atom. The Kier molecular flexibility index (Phi) is 8.14. The Hall–Kier alpha value is -0.550. The van der Waals surface area contributed by atoms with E-state index in [1.807, 2.05) is 0 Å². The third-order valence-electron chi connectivity index (χ3n) is 3.36. The lowest BCUT2D eigenvalue weighted by Crippen LogP contribution is -2.25. The number of hydrogen-bond acceptors (Lipinski definition) is 6. The van der Waals surface area contributed by atoms with Gasteiger partial charge in [0.05, 0.1) is 0 Å². The van der Waals surface area contributed by atoms with E-state index in [1.54, 1.807) is 0 Å². The summed E-state index contributed by atoms with van der Waals surface area (Å²) in [4.78, 5) is 21.8. The van der Waals surface area contributed by atoms with Crippen LogP contribution in [0.4, 0.5) is 0 Å². The molecule has 0 aromatic rings. The second-order valence-corrected chi connectivity index (χ2v) is 5.45. The lowest BCUT2D eigenvalue weighted by molar-refractivity contribution is -0.188. The van der Waals surface area contributed by atoms with Crippen LogP contribution in [0.25, 0.3) is 0 Å². The van der Waals surface area contributed by atoms with Crippen molar-refractivity contribution in [1.29, 1.82) is 0 Å². The molecule has 1 fully saturated rings. The standard InChI is InChI=1S/C12H21O6P/c1-16-11(9-18-19(14)15)8-17-12(13)7-6-10-4-2-3-5-10/h10-11H,2-9H2,1H3. The number of carbonyl (C=O) groups excluding carboxylic acids is 1. The van der Waals surface area contributed by atoms with Crippen molar-refractivity contribution in [3.63, 3.8) is 0 Å². The van der Waals surface area contributed by atoms with Crippen molar-refractivity contribution in [2.45, 2.75) is 44.6 Å². The average molecular weight is 292 g/mol. The molecule has 0 spiro atoms. The molecule has 0 aromatic heterocycles. The van der Waals surface area contributed by atoms with Crippen LogP contribution in [0.5, 0.6) is 0 Å². The van der Waals surface area contributed by atoms with Crippen molar-refractivity contribution in [1.82, 2.24) is 0 Å². The lowest BCUT2D eigenvalue weighted by Gasteiger charge is -2.13. The van der Waals surface area contributed by atoms with E-state index in [9.17, 15) is 14.3 Å². The summed E-state index contributed by atoms with van der Waals surface area (Å²) in [5, 5.41) is 0. The predicted molar refractivity (Wildman–Crippen MR) is 66.5 cm³/mol. The Morgan fingerprint density at radius 1 is 1.37 bits per heavy atom. The van der Waals surface area contributed by atoms with Gasteiger partial charge in [0.2, 0.25) is 0 Å². The van der Waals surface area contributed by atoms with Crippen LogP contribution in [-0.2, 0) is 23.4 Å². The van der Waals surface area contributed by atoms with Crippen molar-refractivity contribution in [3.05, 3.63) is 0 Å². The number of methoxy groups -OCH3 is 1. The van der Waals surface area contributed by atoms with E-state index < -0.39 is 14.4 Å². The molecule has 1 aliphatic rings. The third-order valence-corrected chi connectivity index (χ3v) is 3.72. The van der Waals surface area contributed by atoms with Crippen LogP contribution in [-0.4, -0.2) is 32.4 Å². The van der Waals surface area contributed by atoms with E-state index >= 15 is 0 Å². The third kappa shape index (κ3) is 7.57. The molecule has 6 nitrogen and oxygen atoms in total. The zero-order valence-electron chi connectivity index (χ0n) is 11.2. The molecule has 7 heteroatoms. The normalized spacial score (nSPS) is 18.3. The molecule has 0 radical (unpaired) electrons. The molecule has 0 aromatic carbocycles. The predicted octanol–water partition coefficient (Wildman–Crippen LogP) is 1.55. The van der Waals surface area contributed by atoms with Gasteiger partial charge in [-0.1, -0.05) is 25.7 Å². The number of hydrogen-bond donors (Lipinski definition) is 0. The molecule has 0 bridgehead atoms. The lowest BCUT2D eigenvalue weighted by atomic mass is 10.0. The second-order valence-electron chi connectivity index (χ2n) is 4.75. The molecular weight excluding hydrogens is 271 g/mol. The summed E-state index contributed by atoms with van der Waals surface area (Å²) in [6, 6.07) is 0. The first-order valence-corrected chi connectivity index (χ1v) is 7.67. The molecule has 1 aliphatic carbocycles. The van der Waals surface area contributed by atoms with Crippen molar-refractivity contribution in [2.75, 3.05) is 20.3 Å². The molecule has 0 saturated heterocycles. The van der Waals surface area contributed by atoms with Crippen molar-refractivity contribution in [2.24, 2.45) is 5.92 Å². The van der Waals surface area contributed by atoms with Gasteiger partial charge in [-0.2, -0.15) is 0 Å². The van der Waals surface area contributed by atoms with Gasteiger partial charge in [-0.05, 0) is 16.9 Å². The number of rotatable bonds is 9. The van der Waals surface area contributed by atoms with E-state index in [-0.39, 0.29) is 19.2 Å². The zero-order chi connectivity index (χ0) is 14.1. The van der Waals surface area contributed by atoms with E-state index in [0.717, 1.165) is 6.42 Å². The van der Waals surface area contributed by atoms with Crippen LogP contribution in [0.1, 0.15) is 38.5 Å². The molecule has 0 aliphatic heterocycles. The number of esters is 1. The maximum atomic E-state index is 11.5. The van der Waals surface area contributed by atoms with Gasteiger partial charge >= 0.3 is 14.2 Å². The highest BCUT2D eigenvalue weighted by molar-refractivity contribution is 7.30. The average Bonchev–Trinajstić information content (AvgIpc) is 2.89. The minimum atomic E-state index is -2.90. The Labute approximate surface area is 114 Å². The highest BCUT2D eigenvalue weighted by Crippen LogP contribution is 2.28. The van der Waals surface area contributed by atoms with Gasteiger partial charge < -0.3 is 14.4 Å². The summed E-state index contributed by atoms with van der Waals surface area (Å²) in [7, 11) is -1.48. The monoisotopic (exact) mass is 292 g/mol. The summed E-state index contributed by atoms with van der Waals surface area (Å²) in [5.74, 6) is 0.388. The summed E-state index contributed by atoms with van der Waals surface area (Å²) >= 11 is 0. The maximum Gasteiger partial charge on any atom is 0.488 e. The molecule has 0 amide bonds. The highest BCUT2D eigenvalue weighted by atomic mass is 31.1. The minimum Gasteiger partial charge on any atom is -0.566 e. The van der Waals surface area contributed by atoms with Crippen LogP contribution in [0, 0.1) is 5.92 Å². The molecule has 110 valence electrons. The van der Waals surface area contributed by atoms with Gasteiger partial charge in [-0.3, -0.25) is 4.79 Å². The minimum absolute atomic E-state index is 0.0170. The Bertz CT molecular complexity index is 290. The van der Waals surface area contributed by atoms with Crippen LogP contribution < -0.4 is 4.89 Å². The maximum absolute atomic E-state index is 11.5. The summed E-state index contributed by atoms with van der Waals surface area (Å²) in [6.45, 7) is -0.117. The first-order chi connectivity index (χ1) is 9.11. The SMILES string of the molecule is COC(COC(=O)CCC1CCCC1)CO[P+](=O)[O-]. The summed E-state index contributed by atoms with van der Waals surface area (Å²) < 4.78 is 24.7. The molecule has 2 atom stereocenters. The summed E-state index contributed by atoms with van der Waals surface area (Å²) in [5.41, 5.74) is 0. The molecule has 2 unspecified atom stereocenters.